The van der Waals surface area contributed by atoms with E-state index >= 15 is 0 Å². The molecular weight excluding hydrogens is 295 g/mol. The number of benzene rings is 1. The monoisotopic (exact) mass is 314 g/mol. The molecule has 1 aliphatic rings. The lowest BCUT2D eigenvalue weighted by Gasteiger charge is -2.28. The largest absolute Gasteiger partial charge is 0.478 e. The molecule has 0 atom stereocenters. The summed E-state index contributed by atoms with van der Waals surface area (Å²) in [5.74, 6) is -1.17. The Morgan fingerprint density at radius 2 is 2.00 bits per heavy atom. The first kappa shape index (κ1) is 15.6. The van der Waals surface area contributed by atoms with Crippen LogP contribution in [0.15, 0.2) is 36.4 Å². The third-order valence-corrected chi connectivity index (χ3v) is 4.40. The van der Waals surface area contributed by atoms with E-state index in [0.29, 0.717) is 17.2 Å². The van der Waals surface area contributed by atoms with E-state index in [1.54, 1.807) is 6.07 Å². The minimum atomic E-state index is -1.08. The Labute approximate surface area is 134 Å². The molecular formula is C18H19FN2O2. The van der Waals surface area contributed by atoms with Crippen molar-refractivity contribution in [3.05, 3.63) is 53.5 Å². The van der Waals surface area contributed by atoms with E-state index in [1.807, 2.05) is 12.1 Å². The van der Waals surface area contributed by atoms with Gasteiger partial charge in [-0.25, -0.2) is 9.18 Å². The maximum atomic E-state index is 13.6. The highest BCUT2D eigenvalue weighted by Crippen LogP contribution is 2.29. The molecule has 1 aromatic carbocycles. The maximum Gasteiger partial charge on any atom is 0.336 e. The highest BCUT2D eigenvalue weighted by Gasteiger charge is 2.21. The summed E-state index contributed by atoms with van der Waals surface area (Å²) in [6.45, 7) is 2.05. The zero-order chi connectivity index (χ0) is 16.4. The second-order valence-electron chi connectivity index (χ2n) is 6.02. The van der Waals surface area contributed by atoms with Crippen LogP contribution in [0.4, 0.5) is 4.39 Å². The first-order chi connectivity index (χ1) is 11.0. The molecule has 2 heterocycles. The van der Waals surface area contributed by atoms with E-state index < -0.39 is 11.8 Å². The zero-order valence-electron chi connectivity index (χ0n) is 13.0. The Hall–Kier alpha value is -2.27. The molecule has 1 N–H and O–H groups in total. The molecule has 0 bridgehead atoms. The van der Waals surface area contributed by atoms with E-state index in [2.05, 4.69) is 16.9 Å². The van der Waals surface area contributed by atoms with Crippen molar-refractivity contribution in [3.63, 3.8) is 0 Å². The van der Waals surface area contributed by atoms with Gasteiger partial charge in [-0.3, -0.25) is 4.98 Å². The number of carbonyl (C=O) groups is 1. The van der Waals surface area contributed by atoms with Crippen LogP contribution in [0.2, 0.25) is 0 Å². The Balaban J connectivity index is 1.97. The van der Waals surface area contributed by atoms with E-state index in [0.717, 1.165) is 37.7 Å². The van der Waals surface area contributed by atoms with Crippen LogP contribution in [-0.2, 0) is 0 Å². The lowest BCUT2D eigenvalue weighted by molar-refractivity contribution is 0.0697. The lowest BCUT2D eigenvalue weighted by Crippen LogP contribution is -2.29. The number of aromatic nitrogens is 1. The van der Waals surface area contributed by atoms with Gasteiger partial charge in [-0.1, -0.05) is 6.07 Å². The molecule has 1 fully saturated rings. The number of hydrogen-bond acceptors (Lipinski definition) is 3. The van der Waals surface area contributed by atoms with Gasteiger partial charge < -0.3 is 10.0 Å². The highest BCUT2D eigenvalue weighted by atomic mass is 19.1. The standard InChI is InChI=1S/C18H19FN2O2/c1-21-9-7-12(8-10-21)16-3-2-4-17(20-16)15-11-13(19)5-6-14(15)18(22)23/h2-6,11-12H,7-10H2,1H3,(H,22,23). The molecule has 3 rings (SSSR count). The van der Waals surface area contributed by atoms with Gasteiger partial charge in [0.05, 0.1) is 11.3 Å². The van der Waals surface area contributed by atoms with E-state index in [9.17, 15) is 14.3 Å². The van der Waals surface area contributed by atoms with Gasteiger partial charge in [0.15, 0.2) is 0 Å². The number of carboxylic acids is 1. The van der Waals surface area contributed by atoms with Crippen molar-refractivity contribution in [2.24, 2.45) is 0 Å². The Kier molecular flexibility index (Phi) is 4.39. The van der Waals surface area contributed by atoms with Crippen LogP contribution >= 0.6 is 0 Å². The van der Waals surface area contributed by atoms with E-state index in [1.165, 1.54) is 12.1 Å². The normalized spacial score (nSPS) is 16.4. The van der Waals surface area contributed by atoms with Gasteiger partial charge in [0.1, 0.15) is 5.82 Å². The summed E-state index contributed by atoms with van der Waals surface area (Å²) in [5, 5.41) is 9.31. The third kappa shape index (κ3) is 3.40. The molecule has 4 nitrogen and oxygen atoms in total. The molecule has 0 spiro atoms. The van der Waals surface area contributed by atoms with Gasteiger partial charge in [-0.2, -0.15) is 0 Å². The number of nitrogens with zero attached hydrogens (tertiary/aromatic N) is 2. The van der Waals surface area contributed by atoms with Crippen LogP contribution in [0, 0.1) is 5.82 Å². The summed E-state index contributed by atoms with van der Waals surface area (Å²) in [5.41, 5.74) is 1.86. The minimum Gasteiger partial charge on any atom is -0.478 e. The number of piperidine rings is 1. The van der Waals surface area contributed by atoms with E-state index in [-0.39, 0.29) is 5.56 Å². The fraction of sp³-hybridized carbons (Fsp3) is 0.333. The topological polar surface area (TPSA) is 53.4 Å². The fourth-order valence-electron chi connectivity index (χ4n) is 3.05. The van der Waals surface area contributed by atoms with Gasteiger partial charge in [0.2, 0.25) is 0 Å². The average molecular weight is 314 g/mol. The average Bonchev–Trinajstić information content (AvgIpc) is 2.55. The number of likely N-dealkylation sites (tertiary alicyclic amines) is 1. The zero-order valence-corrected chi connectivity index (χ0v) is 13.0. The van der Waals surface area contributed by atoms with Crippen LogP contribution < -0.4 is 0 Å². The lowest BCUT2D eigenvalue weighted by atomic mass is 9.92. The summed E-state index contributed by atoms with van der Waals surface area (Å²) < 4.78 is 13.6. The van der Waals surface area contributed by atoms with Crippen molar-refractivity contribution in [2.45, 2.75) is 18.8 Å². The van der Waals surface area contributed by atoms with Gasteiger partial charge in [0.25, 0.3) is 0 Å². The third-order valence-electron chi connectivity index (χ3n) is 4.40. The van der Waals surface area contributed by atoms with Gasteiger partial charge in [0, 0.05) is 17.2 Å². The molecule has 23 heavy (non-hydrogen) atoms. The van der Waals surface area contributed by atoms with Crippen molar-refractivity contribution in [1.29, 1.82) is 0 Å². The second kappa shape index (κ2) is 6.46. The number of pyridine rings is 1. The van der Waals surface area contributed by atoms with Gasteiger partial charge in [-0.15, -0.1) is 0 Å². The van der Waals surface area contributed by atoms with Crippen molar-refractivity contribution in [1.82, 2.24) is 9.88 Å². The second-order valence-corrected chi connectivity index (χ2v) is 6.02. The molecule has 0 saturated carbocycles. The van der Waals surface area contributed by atoms with Crippen LogP contribution in [0.25, 0.3) is 11.3 Å². The number of carboxylic acid groups (broad SMARTS) is 1. The molecule has 0 unspecified atom stereocenters. The number of halogens is 1. The van der Waals surface area contributed by atoms with Crippen molar-refractivity contribution < 1.29 is 14.3 Å². The minimum absolute atomic E-state index is 0.0689. The number of aromatic carboxylic acids is 1. The number of hydrogen-bond donors (Lipinski definition) is 1. The summed E-state index contributed by atoms with van der Waals surface area (Å²) in [7, 11) is 2.10. The Bertz CT molecular complexity index is 725. The highest BCUT2D eigenvalue weighted by molar-refractivity contribution is 5.95. The predicted octanol–water partition coefficient (Wildman–Crippen LogP) is 3.40. The first-order valence-electron chi connectivity index (χ1n) is 7.73. The quantitative estimate of drug-likeness (QED) is 0.943. The maximum absolute atomic E-state index is 13.6. The van der Waals surface area contributed by atoms with Gasteiger partial charge in [-0.05, 0) is 63.3 Å². The smallest absolute Gasteiger partial charge is 0.336 e. The molecule has 0 amide bonds. The van der Waals surface area contributed by atoms with Gasteiger partial charge >= 0.3 is 5.97 Å². The van der Waals surface area contributed by atoms with Crippen molar-refractivity contribution in [3.8, 4) is 11.3 Å². The van der Waals surface area contributed by atoms with Crippen LogP contribution in [-0.4, -0.2) is 41.1 Å². The van der Waals surface area contributed by atoms with E-state index in [4.69, 9.17) is 0 Å². The Morgan fingerprint density at radius 3 is 2.70 bits per heavy atom. The molecule has 1 saturated heterocycles. The van der Waals surface area contributed by atoms with Crippen LogP contribution in [0.5, 0.6) is 0 Å². The fourth-order valence-corrected chi connectivity index (χ4v) is 3.05. The molecule has 5 heteroatoms. The summed E-state index contributed by atoms with van der Waals surface area (Å²) in [6, 6.07) is 9.26. The SMILES string of the molecule is CN1CCC(c2cccc(-c3cc(F)ccc3C(=O)O)n2)CC1. The first-order valence-corrected chi connectivity index (χ1v) is 7.73. The molecule has 120 valence electrons. The summed E-state index contributed by atoms with van der Waals surface area (Å²) in [6.07, 6.45) is 2.06. The molecule has 0 radical (unpaired) electrons. The Morgan fingerprint density at radius 1 is 1.26 bits per heavy atom. The molecule has 2 aromatic rings. The van der Waals surface area contributed by atoms with Crippen molar-refractivity contribution in [2.75, 3.05) is 20.1 Å². The molecule has 1 aliphatic heterocycles. The summed E-state index contributed by atoms with van der Waals surface area (Å²) >= 11 is 0. The molecule has 0 aliphatic carbocycles. The van der Waals surface area contributed by atoms with Crippen molar-refractivity contribution >= 4 is 5.97 Å². The molecule has 1 aromatic heterocycles. The number of rotatable bonds is 3. The van der Waals surface area contributed by atoms with Crippen LogP contribution in [0.1, 0.15) is 34.8 Å². The predicted molar refractivity (Wildman–Crippen MR) is 86.1 cm³/mol. The van der Waals surface area contributed by atoms with Crippen LogP contribution in [0.3, 0.4) is 0 Å². The summed E-state index contributed by atoms with van der Waals surface area (Å²) in [4.78, 5) is 18.3.